The van der Waals surface area contributed by atoms with E-state index in [1.54, 1.807) is 6.20 Å². The van der Waals surface area contributed by atoms with Crippen LogP contribution in [0.4, 0.5) is 0 Å². The van der Waals surface area contributed by atoms with Gasteiger partial charge >= 0.3 is 5.97 Å². The molecule has 0 radical (unpaired) electrons. The molecule has 3 rings (SSSR count). The maximum absolute atomic E-state index is 11.1. The Morgan fingerprint density at radius 1 is 1.45 bits per heavy atom. The number of nitrogens with two attached hydrogens (primary N) is 1. The fourth-order valence-electron chi connectivity index (χ4n) is 2.71. The van der Waals surface area contributed by atoms with Crippen LogP contribution in [0, 0.1) is 0 Å². The number of rotatable bonds is 3. The van der Waals surface area contributed by atoms with Crippen LogP contribution in [-0.4, -0.2) is 39.6 Å². The third kappa shape index (κ3) is 2.37. The van der Waals surface area contributed by atoms with Gasteiger partial charge in [0.2, 0.25) is 0 Å². The van der Waals surface area contributed by atoms with Crippen molar-refractivity contribution in [1.29, 1.82) is 0 Å². The van der Waals surface area contributed by atoms with Crippen molar-refractivity contribution in [2.24, 2.45) is 5.73 Å². The summed E-state index contributed by atoms with van der Waals surface area (Å²) < 4.78 is 0. The Kier molecular flexibility index (Phi) is 3.16. The Balaban J connectivity index is 1.76. The monoisotopic (exact) mass is 271 g/mol. The zero-order chi connectivity index (χ0) is 14.2. The number of carboxylic acids is 1. The van der Waals surface area contributed by atoms with E-state index in [9.17, 15) is 4.79 Å². The second kappa shape index (κ2) is 4.85. The average molecular weight is 271 g/mol. The minimum absolute atomic E-state index is 0.396. The van der Waals surface area contributed by atoms with E-state index < -0.39 is 11.5 Å². The summed E-state index contributed by atoms with van der Waals surface area (Å²) in [5, 5.41) is 10.2. The zero-order valence-electron chi connectivity index (χ0n) is 11.1. The standard InChI is InChI=1S/C15H17N3O2/c16-15(14(19)20)5-7-18(10-15)9-11-3-4-13-12(8-11)2-1-6-17-13/h1-4,6,8H,5,7,9-10,16H2,(H,19,20). The van der Waals surface area contributed by atoms with Gasteiger partial charge in [0.15, 0.2) is 0 Å². The van der Waals surface area contributed by atoms with E-state index in [1.165, 1.54) is 0 Å². The molecule has 1 aromatic carbocycles. The van der Waals surface area contributed by atoms with Crippen molar-refractivity contribution in [2.45, 2.75) is 18.5 Å². The molecule has 1 fully saturated rings. The van der Waals surface area contributed by atoms with Crippen LogP contribution < -0.4 is 5.73 Å². The highest BCUT2D eigenvalue weighted by atomic mass is 16.4. The Morgan fingerprint density at radius 3 is 3.05 bits per heavy atom. The Hall–Kier alpha value is -1.98. The van der Waals surface area contributed by atoms with Gasteiger partial charge in [0.1, 0.15) is 5.54 Å². The number of aromatic nitrogens is 1. The molecule has 3 N–H and O–H groups in total. The first kappa shape index (κ1) is 13.0. The number of hydrogen-bond acceptors (Lipinski definition) is 4. The molecular formula is C15H17N3O2. The number of pyridine rings is 1. The highest BCUT2D eigenvalue weighted by Crippen LogP contribution is 2.22. The quantitative estimate of drug-likeness (QED) is 0.877. The molecule has 1 atom stereocenters. The summed E-state index contributed by atoms with van der Waals surface area (Å²) >= 11 is 0. The minimum Gasteiger partial charge on any atom is -0.480 e. The lowest BCUT2D eigenvalue weighted by Crippen LogP contribution is -2.50. The SMILES string of the molecule is NC1(C(=O)O)CCN(Cc2ccc3ncccc3c2)C1. The van der Waals surface area contributed by atoms with Crippen molar-refractivity contribution in [3.05, 3.63) is 42.1 Å². The van der Waals surface area contributed by atoms with Crippen LogP contribution in [0.5, 0.6) is 0 Å². The lowest BCUT2D eigenvalue weighted by molar-refractivity contribution is -0.142. The average Bonchev–Trinajstić information content (AvgIpc) is 2.81. The van der Waals surface area contributed by atoms with E-state index in [2.05, 4.69) is 16.0 Å². The van der Waals surface area contributed by atoms with Crippen LogP contribution in [0.15, 0.2) is 36.5 Å². The molecule has 0 amide bonds. The van der Waals surface area contributed by atoms with Crippen LogP contribution >= 0.6 is 0 Å². The number of nitrogens with zero attached hydrogens (tertiary/aromatic N) is 2. The van der Waals surface area contributed by atoms with Crippen molar-refractivity contribution in [3.8, 4) is 0 Å². The lowest BCUT2D eigenvalue weighted by atomic mass is 10.0. The molecule has 2 aromatic rings. The smallest absolute Gasteiger partial charge is 0.325 e. The molecule has 20 heavy (non-hydrogen) atoms. The molecular weight excluding hydrogens is 254 g/mol. The van der Waals surface area contributed by atoms with Gasteiger partial charge in [-0.1, -0.05) is 12.1 Å². The van der Waals surface area contributed by atoms with Gasteiger partial charge in [0.25, 0.3) is 0 Å². The largest absolute Gasteiger partial charge is 0.480 e. The lowest BCUT2D eigenvalue weighted by Gasteiger charge is -2.20. The molecule has 0 spiro atoms. The Morgan fingerprint density at radius 2 is 2.30 bits per heavy atom. The number of carboxylic acid groups (broad SMARTS) is 1. The number of likely N-dealkylation sites (tertiary alicyclic amines) is 1. The molecule has 1 aliphatic rings. The summed E-state index contributed by atoms with van der Waals surface area (Å²) in [6.07, 6.45) is 2.27. The van der Waals surface area contributed by atoms with E-state index in [4.69, 9.17) is 10.8 Å². The fraction of sp³-hybridized carbons (Fsp3) is 0.333. The van der Waals surface area contributed by atoms with Gasteiger partial charge in [-0.25, -0.2) is 0 Å². The summed E-state index contributed by atoms with van der Waals surface area (Å²) in [7, 11) is 0. The third-order valence-corrected chi connectivity index (χ3v) is 3.88. The van der Waals surface area contributed by atoms with Crippen molar-refractivity contribution in [3.63, 3.8) is 0 Å². The van der Waals surface area contributed by atoms with E-state index in [-0.39, 0.29) is 0 Å². The molecule has 5 heteroatoms. The highest BCUT2D eigenvalue weighted by molar-refractivity contribution is 5.80. The first-order valence-corrected chi connectivity index (χ1v) is 6.65. The van der Waals surface area contributed by atoms with Crippen LogP contribution in [0.3, 0.4) is 0 Å². The second-order valence-electron chi connectivity index (χ2n) is 5.45. The fourth-order valence-corrected chi connectivity index (χ4v) is 2.71. The molecule has 1 aliphatic heterocycles. The summed E-state index contributed by atoms with van der Waals surface area (Å²) in [6, 6.07) is 10.1. The normalized spacial score (nSPS) is 23.2. The molecule has 0 aliphatic carbocycles. The van der Waals surface area contributed by atoms with Crippen molar-refractivity contribution < 1.29 is 9.90 Å². The maximum Gasteiger partial charge on any atom is 0.325 e. The molecule has 1 unspecified atom stereocenters. The van der Waals surface area contributed by atoms with E-state index in [0.717, 1.165) is 23.0 Å². The van der Waals surface area contributed by atoms with Gasteiger partial charge in [-0.2, -0.15) is 0 Å². The third-order valence-electron chi connectivity index (χ3n) is 3.88. The molecule has 1 aromatic heterocycles. The van der Waals surface area contributed by atoms with Crippen molar-refractivity contribution in [1.82, 2.24) is 9.88 Å². The predicted octanol–water partition coefficient (Wildman–Crippen LogP) is 1.22. The van der Waals surface area contributed by atoms with Gasteiger partial charge in [0, 0.05) is 31.2 Å². The number of hydrogen-bond donors (Lipinski definition) is 2. The first-order valence-electron chi connectivity index (χ1n) is 6.65. The maximum atomic E-state index is 11.1. The first-order chi connectivity index (χ1) is 9.57. The van der Waals surface area contributed by atoms with Gasteiger partial charge in [-0.15, -0.1) is 0 Å². The summed E-state index contributed by atoms with van der Waals surface area (Å²) in [6.45, 7) is 1.83. The van der Waals surface area contributed by atoms with Crippen LogP contribution in [-0.2, 0) is 11.3 Å². The summed E-state index contributed by atoms with van der Waals surface area (Å²) in [5.74, 6) is -0.914. The number of aliphatic carboxylic acids is 1. The second-order valence-corrected chi connectivity index (χ2v) is 5.45. The van der Waals surface area contributed by atoms with E-state index >= 15 is 0 Å². The topological polar surface area (TPSA) is 79.5 Å². The Labute approximate surface area is 117 Å². The van der Waals surface area contributed by atoms with Gasteiger partial charge in [0.05, 0.1) is 5.52 Å². The summed E-state index contributed by atoms with van der Waals surface area (Å²) in [5.41, 5.74) is 6.91. The molecule has 5 nitrogen and oxygen atoms in total. The van der Waals surface area contributed by atoms with Crippen LogP contribution in [0.2, 0.25) is 0 Å². The minimum atomic E-state index is -1.10. The van der Waals surface area contributed by atoms with Crippen LogP contribution in [0.1, 0.15) is 12.0 Å². The molecule has 0 bridgehead atoms. The van der Waals surface area contributed by atoms with E-state index in [0.29, 0.717) is 19.5 Å². The molecule has 0 saturated carbocycles. The zero-order valence-corrected chi connectivity index (χ0v) is 11.1. The molecule has 1 saturated heterocycles. The molecule has 2 heterocycles. The molecule has 104 valence electrons. The number of benzene rings is 1. The number of fused-ring (bicyclic) bond motifs is 1. The van der Waals surface area contributed by atoms with Gasteiger partial charge in [-0.05, 0) is 30.2 Å². The summed E-state index contributed by atoms with van der Waals surface area (Å²) in [4.78, 5) is 17.5. The highest BCUT2D eigenvalue weighted by Gasteiger charge is 2.40. The number of carbonyl (C=O) groups is 1. The van der Waals surface area contributed by atoms with Crippen molar-refractivity contribution in [2.75, 3.05) is 13.1 Å². The van der Waals surface area contributed by atoms with E-state index in [1.807, 2.05) is 24.3 Å². The van der Waals surface area contributed by atoms with Gasteiger partial charge in [-0.3, -0.25) is 14.7 Å². The predicted molar refractivity (Wildman–Crippen MR) is 76.2 cm³/mol. The van der Waals surface area contributed by atoms with Crippen molar-refractivity contribution >= 4 is 16.9 Å². The van der Waals surface area contributed by atoms with Gasteiger partial charge < -0.3 is 10.8 Å². The van der Waals surface area contributed by atoms with Crippen LogP contribution in [0.25, 0.3) is 10.9 Å². The Bertz CT molecular complexity index is 658.